The summed E-state index contributed by atoms with van der Waals surface area (Å²) >= 11 is 0. The lowest BCUT2D eigenvalue weighted by Gasteiger charge is -2.33. The number of carbonyl (C=O) groups excluding carboxylic acids is 1. The summed E-state index contributed by atoms with van der Waals surface area (Å²) in [6.45, 7) is 8.98. The number of carbonyl (C=O) groups is 1. The fourth-order valence-corrected chi connectivity index (χ4v) is 2.98. The molecule has 3 atom stereocenters. The van der Waals surface area contributed by atoms with Crippen molar-refractivity contribution in [1.29, 1.82) is 0 Å². The van der Waals surface area contributed by atoms with Crippen molar-refractivity contribution in [3.05, 3.63) is 35.4 Å². The van der Waals surface area contributed by atoms with Crippen LogP contribution in [0.3, 0.4) is 0 Å². The Morgan fingerprint density at radius 3 is 2.59 bits per heavy atom. The van der Waals surface area contributed by atoms with E-state index in [2.05, 4.69) is 45.1 Å². The fraction of sp³-hybridized carbons (Fsp3) is 0.611. The summed E-state index contributed by atoms with van der Waals surface area (Å²) in [5.41, 5.74) is 7.90. The van der Waals surface area contributed by atoms with Crippen LogP contribution < -0.4 is 11.1 Å². The fourth-order valence-electron chi connectivity index (χ4n) is 2.98. The van der Waals surface area contributed by atoms with Crippen LogP contribution in [0.1, 0.15) is 50.8 Å². The maximum absolute atomic E-state index is 12.6. The first-order valence-corrected chi connectivity index (χ1v) is 8.04. The number of ether oxygens (including phenoxy) is 1. The zero-order valence-corrected chi connectivity index (χ0v) is 14.1. The Kier molecular flexibility index (Phi) is 5.24. The van der Waals surface area contributed by atoms with Gasteiger partial charge in [-0.25, -0.2) is 0 Å². The summed E-state index contributed by atoms with van der Waals surface area (Å²) in [6, 6.07) is 8.16. The van der Waals surface area contributed by atoms with Crippen molar-refractivity contribution in [2.75, 3.05) is 6.54 Å². The number of aryl methyl sites for hydroxylation is 1. The van der Waals surface area contributed by atoms with Gasteiger partial charge in [0, 0.05) is 6.54 Å². The van der Waals surface area contributed by atoms with Gasteiger partial charge in [-0.1, -0.05) is 45.0 Å². The Labute approximate surface area is 133 Å². The highest BCUT2D eigenvalue weighted by Gasteiger charge is 2.34. The first-order valence-electron chi connectivity index (χ1n) is 8.04. The van der Waals surface area contributed by atoms with Crippen molar-refractivity contribution in [3.8, 4) is 0 Å². The van der Waals surface area contributed by atoms with Crippen molar-refractivity contribution in [1.82, 2.24) is 5.32 Å². The molecule has 0 bridgehead atoms. The molecule has 22 heavy (non-hydrogen) atoms. The van der Waals surface area contributed by atoms with E-state index in [0.717, 1.165) is 18.4 Å². The number of rotatable bonds is 4. The SMILES string of the molecule is Cc1ccccc1C(NC(=O)[C@@H]1CC[C@H](CN)O1)C(C)(C)C. The summed E-state index contributed by atoms with van der Waals surface area (Å²) in [4.78, 5) is 12.6. The van der Waals surface area contributed by atoms with E-state index in [1.165, 1.54) is 5.56 Å². The second-order valence-corrected chi connectivity index (χ2v) is 7.22. The third-order valence-electron chi connectivity index (χ3n) is 4.31. The van der Waals surface area contributed by atoms with Crippen molar-refractivity contribution in [3.63, 3.8) is 0 Å². The Morgan fingerprint density at radius 2 is 2.05 bits per heavy atom. The molecular formula is C18H28N2O2. The van der Waals surface area contributed by atoms with Gasteiger partial charge in [-0.3, -0.25) is 4.79 Å². The van der Waals surface area contributed by atoms with Gasteiger partial charge >= 0.3 is 0 Å². The number of amides is 1. The smallest absolute Gasteiger partial charge is 0.249 e. The number of hydrogen-bond acceptors (Lipinski definition) is 3. The lowest BCUT2D eigenvalue weighted by molar-refractivity contribution is -0.133. The third kappa shape index (κ3) is 3.87. The number of benzene rings is 1. The van der Waals surface area contributed by atoms with Gasteiger partial charge in [-0.2, -0.15) is 0 Å². The Balaban J connectivity index is 2.15. The molecule has 3 N–H and O–H groups in total. The molecule has 1 aliphatic rings. The summed E-state index contributed by atoms with van der Waals surface area (Å²) < 4.78 is 5.71. The molecule has 4 heteroatoms. The lowest BCUT2D eigenvalue weighted by Crippen LogP contribution is -2.42. The highest BCUT2D eigenvalue weighted by Crippen LogP contribution is 2.34. The quantitative estimate of drug-likeness (QED) is 0.899. The predicted molar refractivity (Wildman–Crippen MR) is 88.5 cm³/mol. The summed E-state index contributed by atoms with van der Waals surface area (Å²) in [5, 5.41) is 3.20. The second-order valence-electron chi connectivity index (χ2n) is 7.22. The standard InChI is InChI=1S/C18H28N2O2/c1-12-7-5-6-8-14(12)16(18(2,3)4)20-17(21)15-10-9-13(11-19)22-15/h5-8,13,15-16H,9-11,19H2,1-4H3,(H,20,21)/t13-,15+,16?/m1/s1. The van der Waals surface area contributed by atoms with Gasteiger partial charge in [0.15, 0.2) is 0 Å². The van der Waals surface area contributed by atoms with E-state index in [9.17, 15) is 4.79 Å². The van der Waals surface area contributed by atoms with Gasteiger partial charge in [0.05, 0.1) is 12.1 Å². The monoisotopic (exact) mass is 304 g/mol. The molecular weight excluding hydrogens is 276 g/mol. The molecule has 0 spiro atoms. The molecule has 1 saturated heterocycles. The first kappa shape index (κ1) is 17.0. The Morgan fingerprint density at radius 1 is 1.36 bits per heavy atom. The van der Waals surface area contributed by atoms with Crippen LogP contribution in [0.25, 0.3) is 0 Å². The minimum atomic E-state index is -0.373. The first-order chi connectivity index (χ1) is 10.3. The topological polar surface area (TPSA) is 64.4 Å². The molecule has 1 aromatic rings. The maximum Gasteiger partial charge on any atom is 0.249 e. The largest absolute Gasteiger partial charge is 0.364 e. The molecule has 122 valence electrons. The zero-order chi connectivity index (χ0) is 16.3. The van der Waals surface area contributed by atoms with Gasteiger partial charge in [-0.15, -0.1) is 0 Å². The number of nitrogens with two attached hydrogens (primary N) is 1. The molecule has 0 aromatic heterocycles. The van der Waals surface area contributed by atoms with Crippen LogP contribution in [0.5, 0.6) is 0 Å². The Bertz CT molecular complexity index is 522. The van der Waals surface area contributed by atoms with Gasteiger partial charge < -0.3 is 15.8 Å². The van der Waals surface area contributed by atoms with E-state index in [0.29, 0.717) is 6.54 Å². The average Bonchev–Trinajstić information content (AvgIpc) is 2.93. The maximum atomic E-state index is 12.6. The second kappa shape index (κ2) is 6.80. The van der Waals surface area contributed by atoms with Gasteiger partial charge in [0.2, 0.25) is 5.91 Å². The van der Waals surface area contributed by atoms with Crippen LogP contribution in [-0.2, 0) is 9.53 Å². The third-order valence-corrected chi connectivity index (χ3v) is 4.31. The van der Waals surface area contributed by atoms with Crippen LogP contribution in [0.4, 0.5) is 0 Å². The molecule has 0 saturated carbocycles. The Hall–Kier alpha value is -1.39. The summed E-state index contributed by atoms with van der Waals surface area (Å²) in [7, 11) is 0. The van der Waals surface area contributed by atoms with E-state index < -0.39 is 0 Å². The zero-order valence-electron chi connectivity index (χ0n) is 14.1. The van der Waals surface area contributed by atoms with E-state index in [1.54, 1.807) is 0 Å². The average molecular weight is 304 g/mol. The van der Waals surface area contributed by atoms with Crippen LogP contribution in [0, 0.1) is 12.3 Å². The van der Waals surface area contributed by atoms with Crippen molar-refractivity contribution in [2.24, 2.45) is 11.1 Å². The normalized spacial score (nSPS) is 23.3. The molecule has 0 radical (unpaired) electrons. The lowest BCUT2D eigenvalue weighted by atomic mass is 9.80. The summed E-state index contributed by atoms with van der Waals surface area (Å²) in [6.07, 6.45) is 1.25. The van der Waals surface area contributed by atoms with Crippen LogP contribution in [0.15, 0.2) is 24.3 Å². The predicted octanol–water partition coefficient (Wildman–Crippen LogP) is 2.70. The van der Waals surface area contributed by atoms with E-state index in [1.807, 2.05) is 12.1 Å². The van der Waals surface area contributed by atoms with Crippen LogP contribution in [-0.4, -0.2) is 24.7 Å². The van der Waals surface area contributed by atoms with E-state index in [-0.39, 0.29) is 29.6 Å². The minimum Gasteiger partial charge on any atom is -0.364 e. The molecule has 1 aromatic carbocycles. The molecule has 2 rings (SSSR count). The van der Waals surface area contributed by atoms with Crippen molar-refractivity contribution >= 4 is 5.91 Å². The molecule has 0 aliphatic carbocycles. The summed E-state index contributed by atoms with van der Waals surface area (Å²) in [5.74, 6) is -0.0286. The highest BCUT2D eigenvalue weighted by atomic mass is 16.5. The van der Waals surface area contributed by atoms with E-state index in [4.69, 9.17) is 10.5 Å². The number of nitrogens with one attached hydrogen (secondary N) is 1. The molecule has 1 aliphatic heterocycles. The van der Waals surface area contributed by atoms with Gasteiger partial charge in [-0.05, 0) is 36.3 Å². The van der Waals surface area contributed by atoms with Crippen molar-refractivity contribution < 1.29 is 9.53 Å². The molecule has 1 unspecified atom stereocenters. The number of hydrogen-bond donors (Lipinski definition) is 2. The highest BCUT2D eigenvalue weighted by molar-refractivity contribution is 5.81. The van der Waals surface area contributed by atoms with Gasteiger partial charge in [0.25, 0.3) is 0 Å². The minimum absolute atomic E-state index is 0.0160. The van der Waals surface area contributed by atoms with E-state index >= 15 is 0 Å². The molecule has 4 nitrogen and oxygen atoms in total. The van der Waals surface area contributed by atoms with Gasteiger partial charge in [0.1, 0.15) is 6.10 Å². The molecule has 1 fully saturated rings. The molecule has 1 amide bonds. The molecule has 1 heterocycles. The van der Waals surface area contributed by atoms with Crippen LogP contribution in [0.2, 0.25) is 0 Å². The van der Waals surface area contributed by atoms with Crippen molar-refractivity contribution in [2.45, 2.75) is 58.8 Å². The van der Waals surface area contributed by atoms with Crippen LogP contribution >= 0.6 is 0 Å².